The number of aryl methyl sites for hydroxylation is 1. The lowest BCUT2D eigenvalue weighted by atomic mass is 10.1. The Morgan fingerprint density at radius 3 is 3.15 bits per heavy atom. The molecule has 3 rings (SSSR count). The average Bonchev–Trinajstić information content (AvgIpc) is 2.89. The molecule has 0 radical (unpaired) electrons. The van der Waals surface area contributed by atoms with Crippen LogP contribution in [0.4, 0.5) is 4.39 Å². The number of halogens is 1. The molecule has 2 nitrogen and oxygen atoms in total. The Morgan fingerprint density at radius 2 is 2.30 bits per heavy atom. The van der Waals surface area contributed by atoms with Crippen LogP contribution in [0.1, 0.15) is 30.4 Å². The van der Waals surface area contributed by atoms with Gasteiger partial charge >= 0.3 is 0 Å². The van der Waals surface area contributed by atoms with E-state index in [1.54, 1.807) is 6.07 Å². The minimum absolute atomic E-state index is 0.158. The van der Waals surface area contributed by atoms with Crippen LogP contribution in [0.2, 0.25) is 0 Å². The van der Waals surface area contributed by atoms with Crippen molar-refractivity contribution < 1.29 is 4.39 Å². The molecule has 2 aliphatic rings. The molecule has 1 aliphatic carbocycles. The molecule has 2 unspecified atom stereocenters. The van der Waals surface area contributed by atoms with Crippen molar-refractivity contribution in [3.05, 3.63) is 35.1 Å². The van der Waals surface area contributed by atoms with Crippen LogP contribution in [0.3, 0.4) is 0 Å². The molecule has 20 heavy (non-hydrogen) atoms. The van der Waals surface area contributed by atoms with Crippen molar-refractivity contribution in [3.8, 4) is 0 Å². The molecule has 1 heterocycles. The highest BCUT2D eigenvalue weighted by atomic mass is 32.2. The summed E-state index contributed by atoms with van der Waals surface area (Å²) >= 11 is 1.86. The highest BCUT2D eigenvalue weighted by molar-refractivity contribution is 8.13. The molecular formula is C16H21FN2S. The van der Waals surface area contributed by atoms with Crippen LogP contribution < -0.4 is 5.32 Å². The number of hydrogen-bond acceptors (Lipinski definition) is 2. The van der Waals surface area contributed by atoms with Crippen LogP contribution in [-0.4, -0.2) is 23.5 Å². The minimum atomic E-state index is -0.158. The largest absolute Gasteiger partial charge is 0.362 e. The number of amidine groups is 1. The van der Waals surface area contributed by atoms with E-state index in [1.807, 2.05) is 24.8 Å². The van der Waals surface area contributed by atoms with Gasteiger partial charge in [-0.15, -0.1) is 0 Å². The van der Waals surface area contributed by atoms with E-state index in [1.165, 1.54) is 36.6 Å². The summed E-state index contributed by atoms with van der Waals surface area (Å²) in [7, 11) is 0. The Kier molecular flexibility index (Phi) is 4.29. The van der Waals surface area contributed by atoms with Crippen molar-refractivity contribution in [2.45, 2.75) is 38.6 Å². The fraction of sp³-hybridized carbons (Fsp3) is 0.562. The van der Waals surface area contributed by atoms with Gasteiger partial charge in [-0.3, -0.25) is 4.99 Å². The smallest absolute Gasteiger partial charge is 0.156 e. The molecule has 108 valence electrons. The molecule has 1 aromatic carbocycles. The predicted molar refractivity (Wildman–Crippen MR) is 83.9 cm³/mol. The number of benzene rings is 1. The van der Waals surface area contributed by atoms with E-state index >= 15 is 0 Å². The second-order valence-electron chi connectivity index (χ2n) is 5.76. The Balaban J connectivity index is 1.55. The number of thioether (sulfide) groups is 1. The van der Waals surface area contributed by atoms with Crippen molar-refractivity contribution >= 4 is 16.9 Å². The molecule has 1 saturated carbocycles. The first-order valence-electron chi connectivity index (χ1n) is 7.41. The maximum Gasteiger partial charge on any atom is 0.156 e. The molecule has 4 heteroatoms. The van der Waals surface area contributed by atoms with Crippen molar-refractivity contribution in [1.82, 2.24) is 5.32 Å². The topological polar surface area (TPSA) is 24.4 Å². The Labute approximate surface area is 124 Å². The molecule has 0 amide bonds. The lowest BCUT2D eigenvalue weighted by molar-refractivity contribution is 0.490. The summed E-state index contributed by atoms with van der Waals surface area (Å²) in [6.07, 6.45) is 4.89. The standard InChI is InChI=1S/C16H21FN2S/c1-11-9-14(17)6-5-12(11)7-8-18-16-19-15-4-2-3-13(15)10-20-16/h5-6,9,13,15H,2-4,7-8,10H2,1H3,(H,18,19). The molecule has 0 aromatic heterocycles. The number of nitrogens with one attached hydrogen (secondary N) is 1. The molecule has 1 N–H and O–H groups in total. The van der Waals surface area contributed by atoms with Crippen molar-refractivity contribution in [3.63, 3.8) is 0 Å². The monoisotopic (exact) mass is 292 g/mol. The molecule has 1 aliphatic heterocycles. The van der Waals surface area contributed by atoms with E-state index < -0.39 is 0 Å². The molecule has 1 saturated heterocycles. The third-order valence-corrected chi connectivity index (χ3v) is 5.46. The highest BCUT2D eigenvalue weighted by Gasteiger charge is 2.31. The number of aliphatic imine (C=N–C) groups is 1. The van der Waals surface area contributed by atoms with Gasteiger partial charge in [0.2, 0.25) is 0 Å². The average molecular weight is 292 g/mol. The minimum Gasteiger partial charge on any atom is -0.362 e. The van der Waals surface area contributed by atoms with Crippen molar-refractivity contribution in [1.29, 1.82) is 0 Å². The predicted octanol–water partition coefficient (Wildman–Crippen LogP) is 3.54. The van der Waals surface area contributed by atoms with Gasteiger partial charge in [-0.2, -0.15) is 0 Å². The van der Waals surface area contributed by atoms with Crippen LogP contribution in [-0.2, 0) is 6.42 Å². The maximum atomic E-state index is 13.0. The van der Waals surface area contributed by atoms with Crippen LogP contribution >= 0.6 is 11.8 Å². The molecule has 2 atom stereocenters. The van der Waals surface area contributed by atoms with Gasteiger partial charge in [0.25, 0.3) is 0 Å². The third-order valence-electron chi connectivity index (χ3n) is 4.34. The first-order chi connectivity index (χ1) is 9.72. The van der Waals surface area contributed by atoms with Gasteiger partial charge < -0.3 is 5.32 Å². The van der Waals surface area contributed by atoms with E-state index in [2.05, 4.69) is 10.3 Å². The van der Waals surface area contributed by atoms with Gasteiger partial charge in [0.15, 0.2) is 5.17 Å². The molecular weight excluding hydrogens is 271 g/mol. The second-order valence-corrected chi connectivity index (χ2v) is 6.77. The summed E-state index contributed by atoms with van der Waals surface area (Å²) in [5, 5.41) is 4.68. The molecule has 0 spiro atoms. The van der Waals surface area contributed by atoms with E-state index in [9.17, 15) is 4.39 Å². The van der Waals surface area contributed by atoms with E-state index in [-0.39, 0.29) is 5.82 Å². The van der Waals surface area contributed by atoms with Gasteiger partial charge in [0.1, 0.15) is 5.82 Å². The van der Waals surface area contributed by atoms with Crippen LogP contribution in [0.15, 0.2) is 23.2 Å². The van der Waals surface area contributed by atoms with E-state index in [0.29, 0.717) is 6.04 Å². The van der Waals surface area contributed by atoms with Gasteiger partial charge in [-0.05, 0) is 55.4 Å². The Bertz CT molecular complexity index is 515. The summed E-state index contributed by atoms with van der Waals surface area (Å²) in [4.78, 5) is 4.68. The zero-order chi connectivity index (χ0) is 13.9. The molecule has 0 bridgehead atoms. The summed E-state index contributed by atoms with van der Waals surface area (Å²) in [5.41, 5.74) is 2.21. The fourth-order valence-corrected chi connectivity index (χ4v) is 4.31. The van der Waals surface area contributed by atoms with E-state index in [4.69, 9.17) is 0 Å². The zero-order valence-corrected chi connectivity index (χ0v) is 12.7. The van der Waals surface area contributed by atoms with Crippen LogP contribution in [0.5, 0.6) is 0 Å². The van der Waals surface area contributed by atoms with Crippen LogP contribution in [0, 0.1) is 18.7 Å². The Morgan fingerprint density at radius 1 is 1.40 bits per heavy atom. The number of fused-ring (bicyclic) bond motifs is 1. The summed E-state index contributed by atoms with van der Waals surface area (Å²) < 4.78 is 13.0. The van der Waals surface area contributed by atoms with Gasteiger partial charge in [-0.1, -0.05) is 24.2 Å². The summed E-state index contributed by atoms with van der Waals surface area (Å²) in [6.45, 7) is 2.74. The number of hydrogen-bond donors (Lipinski definition) is 1. The summed E-state index contributed by atoms with van der Waals surface area (Å²) in [5.74, 6) is 1.90. The van der Waals surface area contributed by atoms with Gasteiger partial charge in [0.05, 0.1) is 0 Å². The third kappa shape index (κ3) is 3.17. The van der Waals surface area contributed by atoms with Crippen molar-refractivity contribution in [2.24, 2.45) is 10.9 Å². The quantitative estimate of drug-likeness (QED) is 0.921. The SMILES string of the molecule is Cc1cc(F)ccc1CCN=C1NC2CCCC2CS1. The second kappa shape index (κ2) is 6.17. The highest BCUT2D eigenvalue weighted by Crippen LogP contribution is 2.32. The van der Waals surface area contributed by atoms with Gasteiger partial charge in [0, 0.05) is 18.3 Å². The first-order valence-corrected chi connectivity index (χ1v) is 8.40. The summed E-state index contributed by atoms with van der Waals surface area (Å²) in [6, 6.07) is 5.66. The molecule has 2 fully saturated rings. The normalized spacial score (nSPS) is 27.4. The van der Waals surface area contributed by atoms with E-state index in [0.717, 1.165) is 29.6 Å². The van der Waals surface area contributed by atoms with Gasteiger partial charge in [-0.25, -0.2) is 4.39 Å². The van der Waals surface area contributed by atoms with Crippen LogP contribution in [0.25, 0.3) is 0 Å². The Hall–Kier alpha value is -1.03. The zero-order valence-electron chi connectivity index (χ0n) is 11.9. The number of nitrogens with zero attached hydrogens (tertiary/aromatic N) is 1. The fourth-order valence-electron chi connectivity index (χ4n) is 3.12. The van der Waals surface area contributed by atoms with Crippen molar-refractivity contribution in [2.75, 3.05) is 12.3 Å². The lowest BCUT2D eigenvalue weighted by Gasteiger charge is -2.28. The lowest BCUT2D eigenvalue weighted by Crippen LogP contribution is -2.41. The molecule has 1 aromatic rings. The maximum absolute atomic E-state index is 13.0. The first kappa shape index (κ1) is 13.9. The number of rotatable bonds is 3.